The molecule has 1 aliphatic heterocycles. The average Bonchev–Trinajstić information content (AvgIpc) is 2.12. The Morgan fingerprint density at radius 1 is 0.643 bits per heavy atom. The normalized spacial score (nSPS) is 23.4. The highest BCUT2D eigenvalue weighted by Crippen LogP contribution is 2.18. The molecule has 0 aromatic heterocycles. The van der Waals surface area contributed by atoms with Gasteiger partial charge in [0.2, 0.25) is 0 Å². The van der Waals surface area contributed by atoms with E-state index >= 15 is 0 Å². The van der Waals surface area contributed by atoms with Crippen molar-refractivity contribution in [2.24, 2.45) is 0 Å². The molecule has 0 N–H and O–H groups in total. The zero-order valence-electron chi connectivity index (χ0n) is 10.3. The molecule has 1 heterocycles. The minimum Gasteiger partial charge on any atom is -0.298 e. The molecule has 1 rings (SSSR count). The Hall–Kier alpha value is -0.0400. The largest absolute Gasteiger partial charge is 0.298 e. The first-order chi connectivity index (χ1) is 6.61. The van der Waals surface area contributed by atoms with Crippen molar-refractivity contribution in [3.63, 3.8) is 0 Å². The molecule has 0 aliphatic carbocycles. The molecule has 0 saturated carbocycles. The zero-order valence-corrected chi connectivity index (χ0v) is 10.3. The highest BCUT2D eigenvalue weighted by molar-refractivity contribution is 4.76. The van der Waals surface area contributed by atoms with Crippen LogP contribution < -0.4 is 0 Å². The Bertz CT molecular complexity index is 136. The van der Waals surface area contributed by atoms with Gasteiger partial charge in [0, 0.05) is 5.54 Å². The molecular weight excluding hydrogens is 170 g/mol. The summed E-state index contributed by atoms with van der Waals surface area (Å²) in [6.07, 6.45) is 10.1. The van der Waals surface area contributed by atoms with E-state index in [0.717, 1.165) is 0 Å². The van der Waals surface area contributed by atoms with Gasteiger partial charge in [-0.15, -0.1) is 0 Å². The average molecular weight is 197 g/mol. The van der Waals surface area contributed by atoms with Gasteiger partial charge in [-0.25, -0.2) is 0 Å². The second kappa shape index (κ2) is 5.75. The fourth-order valence-corrected chi connectivity index (χ4v) is 2.27. The maximum absolute atomic E-state index is 2.66. The minimum absolute atomic E-state index is 0.374. The second-order valence-electron chi connectivity index (χ2n) is 5.63. The van der Waals surface area contributed by atoms with Crippen LogP contribution in [0.15, 0.2) is 0 Å². The summed E-state index contributed by atoms with van der Waals surface area (Å²) in [5, 5.41) is 0. The minimum atomic E-state index is 0.374. The van der Waals surface area contributed by atoms with Gasteiger partial charge in [0.25, 0.3) is 0 Å². The van der Waals surface area contributed by atoms with E-state index in [1.807, 2.05) is 0 Å². The van der Waals surface area contributed by atoms with Crippen LogP contribution in [0.2, 0.25) is 0 Å². The molecule has 84 valence electrons. The fraction of sp³-hybridized carbons (Fsp3) is 1.00. The van der Waals surface area contributed by atoms with Crippen molar-refractivity contribution in [2.45, 2.75) is 71.3 Å². The predicted molar refractivity (Wildman–Crippen MR) is 63.6 cm³/mol. The van der Waals surface area contributed by atoms with Crippen LogP contribution in [0, 0.1) is 0 Å². The third-order valence-electron chi connectivity index (χ3n) is 3.30. The van der Waals surface area contributed by atoms with Crippen molar-refractivity contribution in [1.82, 2.24) is 4.90 Å². The van der Waals surface area contributed by atoms with Gasteiger partial charge in [-0.1, -0.05) is 32.1 Å². The lowest BCUT2D eigenvalue weighted by Gasteiger charge is -2.36. The summed E-state index contributed by atoms with van der Waals surface area (Å²) >= 11 is 0. The van der Waals surface area contributed by atoms with E-state index in [0.29, 0.717) is 5.54 Å². The van der Waals surface area contributed by atoms with E-state index in [4.69, 9.17) is 0 Å². The highest BCUT2D eigenvalue weighted by atomic mass is 15.2. The number of hydrogen-bond acceptors (Lipinski definition) is 1. The van der Waals surface area contributed by atoms with Crippen molar-refractivity contribution < 1.29 is 0 Å². The molecule has 1 aliphatic rings. The summed E-state index contributed by atoms with van der Waals surface area (Å²) in [4.78, 5) is 2.66. The Morgan fingerprint density at radius 3 is 1.36 bits per heavy atom. The monoisotopic (exact) mass is 197 g/mol. The Kier molecular flexibility index (Phi) is 4.94. The van der Waals surface area contributed by atoms with E-state index in [-0.39, 0.29) is 0 Å². The summed E-state index contributed by atoms with van der Waals surface area (Å²) in [6, 6.07) is 0. The predicted octanol–water partition coefficient (Wildman–Crippen LogP) is 3.83. The molecule has 1 fully saturated rings. The zero-order chi connectivity index (χ0) is 10.4. The SMILES string of the molecule is CC(C)(C)N1CCCCCCCCC1. The molecule has 1 heteroatoms. The molecule has 0 aromatic rings. The first kappa shape index (κ1) is 12.0. The molecule has 14 heavy (non-hydrogen) atoms. The van der Waals surface area contributed by atoms with Gasteiger partial charge >= 0.3 is 0 Å². The smallest absolute Gasteiger partial charge is 0.0125 e. The van der Waals surface area contributed by atoms with E-state index in [1.165, 1.54) is 58.0 Å². The van der Waals surface area contributed by atoms with Crippen LogP contribution in [0.4, 0.5) is 0 Å². The second-order valence-corrected chi connectivity index (χ2v) is 5.63. The number of rotatable bonds is 0. The fourth-order valence-electron chi connectivity index (χ4n) is 2.27. The molecular formula is C13H27N. The van der Waals surface area contributed by atoms with Gasteiger partial charge in [-0.3, -0.25) is 4.90 Å². The lowest BCUT2D eigenvalue weighted by Crippen LogP contribution is -2.42. The van der Waals surface area contributed by atoms with Crippen molar-refractivity contribution in [2.75, 3.05) is 13.1 Å². The van der Waals surface area contributed by atoms with E-state index < -0.39 is 0 Å². The van der Waals surface area contributed by atoms with Gasteiger partial charge in [0.05, 0.1) is 0 Å². The summed E-state index contributed by atoms with van der Waals surface area (Å²) in [7, 11) is 0. The standard InChI is InChI=1S/C13H27N/c1-13(2,3)14-11-9-7-5-4-6-8-10-12-14/h4-12H2,1-3H3. The van der Waals surface area contributed by atoms with Gasteiger partial charge in [-0.05, 0) is 46.7 Å². The van der Waals surface area contributed by atoms with Crippen LogP contribution >= 0.6 is 0 Å². The molecule has 1 nitrogen and oxygen atoms in total. The van der Waals surface area contributed by atoms with E-state index in [9.17, 15) is 0 Å². The van der Waals surface area contributed by atoms with Gasteiger partial charge in [0.15, 0.2) is 0 Å². The quantitative estimate of drug-likeness (QED) is 0.570. The van der Waals surface area contributed by atoms with Crippen molar-refractivity contribution in [3.8, 4) is 0 Å². The molecule has 0 atom stereocenters. The third-order valence-corrected chi connectivity index (χ3v) is 3.30. The van der Waals surface area contributed by atoms with E-state index in [1.54, 1.807) is 0 Å². The molecule has 0 aromatic carbocycles. The van der Waals surface area contributed by atoms with Gasteiger partial charge < -0.3 is 0 Å². The summed E-state index contributed by atoms with van der Waals surface area (Å²) in [5.74, 6) is 0. The first-order valence-corrected chi connectivity index (χ1v) is 6.36. The Labute approximate surface area is 89.9 Å². The topological polar surface area (TPSA) is 3.24 Å². The van der Waals surface area contributed by atoms with Crippen LogP contribution in [-0.4, -0.2) is 23.5 Å². The summed E-state index contributed by atoms with van der Waals surface area (Å²) in [6.45, 7) is 9.66. The van der Waals surface area contributed by atoms with Crippen LogP contribution in [0.5, 0.6) is 0 Å². The lowest BCUT2D eigenvalue weighted by molar-refractivity contribution is 0.128. The summed E-state index contributed by atoms with van der Waals surface area (Å²) < 4.78 is 0. The molecule has 1 saturated heterocycles. The highest BCUT2D eigenvalue weighted by Gasteiger charge is 2.20. The molecule has 0 amide bonds. The van der Waals surface area contributed by atoms with Crippen LogP contribution in [0.3, 0.4) is 0 Å². The van der Waals surface area contributed by atoms with Crippen molar-refractivity contribution in [3.05, 3.63) is 0 Å². The van der Waals surface area contributed by atoms with E-state index in [2.05, 4.69) is 25.7 Å². The lowest BCUT2D eigenvalue weighted by atomic mass is 10.0. The van der Waals surface area contributed by atoms with Gasteiger partial charge in [-0.2, -0.15) is 0 Å². The number of hydrogen-bond donors (Lipinski definition) is 0. The van der Waals surface area contributed by atoms with Gasteiger partial charge in [0.1, 0.15) is 0 Å². The molecule has 0 bridgehead atoms. The maximum atomic E-state index is 2.66. The van der Waals surface area contributed by atoms with Crippen LogP contribution in [0.25, 0.3) is 0 Å². The molecule has 0 spiro atoms. The molecule has 0 radical (unpaired) electrons. The third kappa shape index (κ3) is 4.45. The Morgan fingerprint density at radius 2 is 1.00 bits per heavy atom. The van der Waals surface area contributed by atoms with Crippen LogP contribution in [-0.2, 0) is 0 Å². The first-order valence-electron chi connectivity index (χ1n) is 6.36. The number of nitrogens with zero attached hydrogens (tertiary/aromatic N) is 1. The van der Waals surface area contributed by atoms with Crippen LogP contribution in [0.1, 0.15) is 65.7 Å². The summed E-state index contributed by atoms with van der Waals surface area (Å²) in [5.41, 5.74) is 0.374. The van der Waals surface area contributed by atoms with Crippen molar-refractivity contribution >= 4 is 0 Å². The van der Waals surface area contributed by atoms with Crippen molar-refractivity contribution in [1.29, 1.82) is 0 Å². The Balaban J connectivity index is 2.38. The molecule has 0 unspecified atom stereocenters. The maximum Gasteiger partial charge on any atom is 0.0125 e.